The predicted molar refractivity (Wildman–Crippen MR) is 122 cm³/mol. The number of nitrogens with zero attached hydrogens (tertiary/aromatic N) is 3. The summed E-state index contributed by atoms with van der Waals surface area (Å²) in [7, 11) is 1.56. The molecule has 0 aliphatic carbocycles. The van der Waals surface area contributed by atoms with Gasteiger partial charge < -0.3 is 10.1 Å². The van der Waals surface area contributed by atoms with Crippen LogP contribution in [0.5, 0.6) is 5.75 Å². The Morgan fingerprint density at radius 2 is 1.94 bits per heavy atom. The maximum atomic E-state index is 12.5. The molecule has 0 bridgehead atoms. The zero-order chi connectivity index (χ0) is 22.4. The Morgan fingerprint density at radius 1 is 1.23 bits per heavy atom. The number of carbonyl (C=O) groups excluding carboxylic acids is 2. The van der Waals surface area contributed by atoms with Crippen LogP contribution in [0.2, 0.25) is 5.02 Å². The Labute approximate surface area is 188 Å². The van der Waals surface area contributed by atoms with E-state index < -0.39 is 5.91 Å². The first-order chi connectivity index (χ1) is 14.9. The van der Waals surface area contributed by atoms with Crippen molar-refractivity contribution in [2.24, 2.45) is 0 Å². The van der Waals surface area contributed by atoms with Crippen LogP contribution in [0.1, 0.15) is 12.6 Å². The number of hydrogen-bond donors (Lipinski definition) is 1. The van der Waals surface area contributed by atoms with Crippen molar-refractivity contribution in [3.8, 4) is 11.8 Å². The third-order valence-corrected chi connectivity index (χ3v) is 5.30. The van der Waals surface area contributed by atoms with Crippen LogP contribution in [-0.4, -0.2) is 23.9 Å². The summed E-state index contributed by atoms with van der Waals surface area (Å²) >= 11 is 7.27. The smallest absolute Gasteiger partial charge is 0.266 e. The van der Waals surface area contributed by atoms with Crippen LogP contribution < -0.4 is 15.0 Å². The number of anilines is 3. The van der Waals surface area contributed by atoms with E-state index in [1.165, 1.54) is 29.2 Å². The maximum Gasteiger partial charge on any atom is 0.266 e. The Morgan fingerprint density at radius 3 is 2.55 bits per heavy atom. The molecule has 0 aliphatic rings. The maximum absolute atomic E-state index is 12.5. The van der Waals surface area contributed by atoms with Gasteiger partial charge in [-0.05, 0) is 42.5 Å². The van der Waals surface area contributed by atoms with E-state index in [2.05, 4.69) is 10.3 Å². The van der Waals surface area contributed by atoms with Gasteiger partial charge in [0, 0.05) is 12.3 Å². The number of ether oxygens (including phenoxy) is 1. The standard InChI is InChI=1S/C22H17ClN4O3S/c1-14(28)27(17-7-9-18(30-2)10-8-17)22-25-16(13-31-22)11-15(12-24)21(29)26-20-6-4-3-5-19(20)23/h3-11,13H,1-2H3,(H,26,29)/b15-11+. The van der Waals surface area contributed by atoms with Crippen LogP contribution in [0.3, 0.4) is 0 Å². The van der Waals surface area contributed by atoms with Gasteiger partial charge in [-0.25, -0.2) is 4.98 Å². The van der Waals surface area contributed by atoms with Gasteiger partial charge in [-0.15, -0.1) is 11.3 Å². The third kappa shape index (κ3) is 5.28. The molecule has 9 heteroatoms. The molecule has 2 aromatic carbocycles. The zero-order valence-corrected chi connectivity index (χ0v) is 18.2. The third-order valence-electron chi connectivity index (χ3n) is 4.13. The first-order valence-corrected chi connectivity index (χ1v) is 10.3. The van der Waals surface area contributed by atoms with Gasteiger partial charge in [0.2, 0.25) is 5.91 Å². The first kappa shape index (κ1) is 22.0. The highest BCUT2D eigenvalue weighted by Gasteiger charge is 2.19. The fraction of sp³-hybridized carbons (Fsp3) is 0.0909. The van der Waals surface area contributed by atoms with Crippen LogP contribution >= 0.6 is 22.9 Å². The number of hydrogen-bond acceptors (Lipinski definition) is 6. The van der Waals surface area contributed by atoms with Crippen molar-refractivity contribution in [3.63, 3.8) is 0 Å². The highest BCUT2D eigenvalue weighted by Crippen LogP contribution is 2.31. The van der Waals surface area contributed by atoms with Crippen molar-refractivity contribution in [1.29, 1.82) is 5.26 Å². The van der Waals surface area contributed by atoms with E-state index in [0.717, 1.165) is 0 Å². The van der Waals surface area contributed by atoms with Crippen molar-refractivity contribution in [2.45, 2.75) is 6.92 Å². The lowest BCUT2D eigenvalue weighted by atomic mass is 10.2. The highest BCUT2D eigenvalue weighted by atomic mass is 35.5. The van der Waals surface area contributed by atoms with Gasteiger partial charge in [-0.3, -0.25) is 14.5 Å². The molecule has 0 radical (unpaired) electrons. The Hall–Kier alpha value is -3.67. The number of methoxy groups -OCH3 is 1. The predicted octanol–water partition coefficient (Wildman–Crippen LogP) is 5.04. The van der Waals surface area contributed by atoms with Gasteiger partial charge >= 0.3 is 0 Å². The Balaban J connectivity index is 1.85. The van der Waals surface area contributed by atoms with Gasteiger partial charge in [0.25, 0.3) is 5.91 Å². The van der Waals surface area contributed by atoms with Crippen LogP contribution in [0, 0.1) is 11.3 Å². The van der Waals surface area contributed by atoms with E-state index in [4.69, 9.17) is 16.3 Å². The second-order valence-corrected chi connectivity index (χ2v) is 7.45. The molecule has 3 rings (SSSR count). The monoisotopic (exact) mass is 452 g/mol. The number of rotatable bonds is 6. The summed E-state index contributed by atoms with van der Waals surface area (Å²) in [5.41, 5.74) is 1.26. The molecule has 2 amide bonds. The Kier molecular flexibility index (Phi) is 7.03. The number of benzene rings is 2. The second kappa shape index (κ2) is 9.89. The van der Waals surface area contributed by atoms with Gasteiger partial charge in [-0.2, -0.15) is 5.26 Å². The fourth-order valence-electron chi connectivity index (χ4n) is 2.65. The molecule has 31 heavy (non-hydrogen) atoms. The molecule has 0 fully saturated rings. The molecule has 0 atom stereocenters. The summed E-state index contributed by atoms with van der Waals surface area (Å²) < 4.78 is 5.15. The lowest BCUT2D eigenvalue weighted by molar-refractivity contribution is -0.116. The van der Waals surface area contributed by atoms with Crippen molar-refractivity contribution >= 4 is 57.3 Å². The average Bonchev–Trinajstić information content (AvgIpc) is 3.22. The average molecular weight is 453 g/mol. The number of nitrogens with one attached hydrogen (secondary N) is 1. The van der Waals surface area contributed by atoms with Crippen molar-refractivity contribution in [1.82, 2.24) is 4.98 Å². The number of aromatic nitrogens is 1. The molecular weight excluding hydrogens is 436 g/mol. The van der Waals surface area contributed by atoms with Crippen molar-refractivity contribution in [2.75, 3.05) is 17.3 Å². The van der Waals surface area contributed by atoms with E-state index in [9.17, 15) is 14.9 Å². The highest BCUT2D eigenvalue weighted by molar-refractivity contribution is 7.14. The van der Waals surface area contributed by atoms with E-state index in [1.807, 2.05) is 6.07 Å². The number of thiazole rings is 1. The van der Waals surface area contributed by atoms with Crippen LogP contribution in [0.25, 0.3) is 6.08 Å². The minimum absolute atomic E-state index is 0.143. The molecule has 1 aromatic heterocycles. The molecule has 1 N–H and O–H groups in total. The van der Waals surface area contributed by atoms with Gasteiger partial charge in [-0.1, -0.05) is 23.7 Å². The molecule has 0 unspecified atom stereocenters. The summed E-state index contributed by atoms with van der Waals surface area (Å²) in [6, 6.07) is 15.6. The normalized spacial score (nSPS) is 10.8. The SMILES string of the molecule is COc1ccc(N(C(C)=O)c2nc(/C=C(\C#N)C(=O)Nc3ccccc3Cl)cs2)cc1. The molecule has 1 heterocycles. The van der Waals surface area contributed by atoms with Crippen LogP contribution in [-0.2, 0) is 9.59 Å². The molecule has 0 saturated heterocycles. The fourth-order valence-corrected chi connectivity index (χ4v) is 3.68. The van der Waals surface area contributed by atoms with E-state index >= 15 is 0 Å². The number of para-hydroxylation sites is 1. The summed E-state index contributed by atoms with van der Waals surface area (Å²) in [4.78, 5) is 30.6. The quantitative estimate of drug-likeness (QED) is 0.417. The van der Waals surface area contributed by atoms with Gasteiger partial charge in [0.15, 0.2) is 5.13 Å². The molecular formula is C22H17ClN4O3S. The zero-order valence-electron chi connectivity index (χ0n) is 16.6. The molecule has 156 valence electrons. The second-order valence-electron chi connectivity index (χ2n) is 6.21. The summed E-state index contributed by atoms with van der Waals surface area (Å²) in [6.07, 6.45) is 1.36. The minimum Gasteiger partial charge on any atom is -0.497 e. The topological polar surface area (TPSA) is 95.3 Å². The minimum atomic E-state index is -0.608. The number of amides is 2. The summed E-state index contributed by atoms with van der Waals surface area (Å²) in [5, 5.41) is 14.5. The lowest BCUT2D eigenvalue weighted by Crippen LogP contribution is -2.22. The van der Waals surface area contributed by atoms with Crippen LogP contribution in [0.4, 0.5) is 16.5 Å². The molecule has 0 spiro atoms. The number of carbonyl (C=O) groups is 2. The molecule has 3 aromatic rings. The van der Waals surface area contributed by atoms with Crippen molar-refractivity contribution < 1.29 is 14.3 Å². The van der Waals surface area contributed by atoms with Crippen LogP contribution in [0.15, 0.2) is 59.5 Å². The number of halogens is 1. The van der Waals surface area contributed by atoms with Crippen molar-refractivity contribution in [3.05, 3.63) is 70.2 Å². The summed E-state index contributed by atoms with van der Waals surface area (Å²) in [5.74, 6) is -0.172. The molecule has 0 saturated carbocycles. The molecule has 0 aliphatic heterocycles. The van der Waals surface area contributed by atoms with E-state index in [0.29, 0.717) is 33.0 Å². The largest absolute Gasteiger partial charge is 0.497 e. The molecule has 7 nitrogen and oxygen atoms in total. The lowest BCUT2D eigenvalue weighted by Gasteiger charge is -2.18. The first-order valence-electron chi connectivity index (χ1n) is 9.01. The van der Waals surface area contributed by atoms with Gasteiger partial charge in [0.1, 0.15) is 17.4 Å². The summed E-state index contributed by atoms with van der Waals surface area (Å²) in [6.45, 7) is 1.43. The Bertz CT molecular complexity index is 1180. The number of nitriles is 1. The van der Waals surface area contributed by atoms with Gasteiger partial charge in [0.05, 0.1) is 29.2 Å². The van der Waals surface area contributed by atoms with E-state index in [1.54, 1.807) is 61.0 Å². The van der Waals surface area contributed by atoms with E-state index in [-0.39, 0.29) is 11.5 Å².